The molecule has 0 amide bonds. The fourth-order valence-corrected chi connectivity index (χ4v) is 12.5. The lowest BCUT2D eigenvalue weighted by Crippen LogP contribution is -2.81. The van der Waals surface area contributed by atoms with Crippen LogP contribution in [0.3, 0.4) is 0 Å². The van der Waals surface area contributed by atoms with E-state index in [-0.39, 0.29) is 24.6 Å². The molecular formula is C35H50ClNO16. The first-order valence-electron chi connectivity index (χ1n) is 17.5. The highest BCUT2D eigenvalue weighted by Gasteiger charge is 2.92. The van der Waals surface area contributed by atoms with Crippen molar-refractivity contribution in [3.8, 4) is 5.75 Å². The number of hydrogen-bond acceptors (Lipinski definition) is 17. The summed E-state index contributed by atoms with van der Waals surface area (Å²) >= 11 is 0. The Labute approximate surface area is 309 Å². The number of benzene rings is 1. The Morgan fingerprint density at radius 2 is 1.62 bits per heavy atom. The first-order chi connectivity index (χ1) is 24.9. The molecule has 6 fully saturated rings. The molecule has 1 spiro atoms. The predicted octanol–water partition coefficient (Wildman–Crippen LogP) is -3.47. The fraction of sp³-hybridized carbons (Fsp3) is 0.771. The molecule has 1 saturated heterocycles. The van der Waals surface area contributed by atoms with Gasteiger partial charge in [0.05, 0.1) is 52.5 Å². The third kappa shape index (κ3) is 5.57. The van der Waals surface area contributed by atoms with Crippen LogP contribution in [0, 0.1) is 44.7 Å². The largest absolute Gasteiger partial charge is 0.497 e. The number of halogens is 1. The van der Waals surface area contributed by atoms with Crippen LogP contribution in [-0.4, -0.2) is 146 Å². The van der Waals surface area contributed by atoms with Crippen LogP contribution in [0.1, 0.15) is 37.0 Å². The van der Waals surface area contributed by atoms with Crippen LogP contribution < -0.4 is 18.7 Å². The average molecular weight is 776 g/mol. The van der Waals surface area contributed by atoms with E-state index >= 15 is 0 Å². The van der Waals surface area contributed by atoms with Crippen LogP contribution in [0.15, 0.2) is 24.3 Å². The first kappa shape index (κ1) is 40.4. The lowest BCUT2D eigenvalue weighted by atomic mass is 9.42. The minimum Gasteiger partial charge on any atom is -0.497 e. The van der Waals surface area contributed by atoms with Gasteiger partial charge in [-0.1, -0.05) is 6.92 Å². The highest BCUT2D eigenvalue weighted by atomic mass is 35.7. The number of aliphatic hydroxyl groups is 3. The van der Waals surface area contributed by atoms with Crippen molar-refractivity contribution in [2.45, 2.75) is 80.6 Å². The van der Waals surface area contributed by atoms with Crippen LogP contribution in [0.4, 0.5) is 0 Å². The molecule has 4 N–H and O–H groups in total. The summed E-state index contributed by atoms with van der Waals surface area (Å²) in [7, 11) is 3.08. The minimum atomic E-state index is -4.69. The summed E-state index contributed by atoms with van der Waals surface area (Å²) < 4.78 is 75.5. The van der Waals surface area contributed by atoms with Crippen LogP contribution in [-0.2, 0) is 33.2 Å². The molecule has 0 unspecified atom stereocenters. The quantitative estimate of drug-likeness (QED) is 0.169. The number of ether oxygens (including phenoxy) is 7. The maximum atomic E-state index is 13.9. The van der Waals surface area contributed by atoms with E-state index in [0.29, 0.717) is 25.3 Å². The number of methoxy groups -OCH3 is 5. The van der Waals surface area contributed by atoms with E-state index in [1.807, 2.05) is 6.92 Å². The zero-order valence-corrected chi connectivity index (χ0v) is 31.5. The second-order valence-corrected chi connectivity index (χ2v) is 16.0. The summed E-state index contributed by atoms with van der Waals surface area (Å²) in [5.74, 6) is -3.23. The van der Waals surface area contributed by atoms with E-state index in [1.54, 1.807) is 45.6 Å². The summed E-state index contributed by atoms with van der Waals surface area (Å²) in [4.78, 5) is 29.5. The Morgan fingerprint density at radius 1 is 0.981 bits per heavy atom. The van der Waals surface area contributed by atoms with Crippen LogP contribution >= 0.6 is 0 Å². The van der Waals surface area contributed by atoms with Gasteiger partial charge in [0.25, 0.3) is 0 Å². The van der Waals surface area contributed by atoms with Gasteiger partial charge in [-0.3, -0.25) is 9.69 Å². The zero-order valence-electron chi connectivity index (χ0n) is 30.7. The molecule has 5 aliphatic carbocycles. The summed E-state index contributed by atoms with van der Waals surface area (Å²) in [5.41, 5.74) is -4.94. The van der Waals surface area contributed by atoms with Crippen LogP contribution in [0.5, 0.6) is 5.75 Å². The monoisotopic (exact) mass is 775 g/mol. The number of carbonyl (C=O) groups is 2. The summed E-state index contributed by atoms with van der Waals surface area (Å²) in [6.07, 6.45) is -5.64. The number of carbonyl (C=O) groups excluding carboxylic acids is 2. The van der Waals surface area contributed by atoms with Crippen molar-refractivity contribution in [3.05, 3.63) is 29.8 Å². The van der Waals surface area contributed by atoms with Crippen molar-refractivity contribution in [1.82, 2.24) is 4.90 Å². The summed E-state index contributed by atoms with van der Waals surface area (Å²) in [5, 5.41) is 37.4. The number of rotatable bonds is 10. The topological polar surface area (TPSA) is 252 Å². The molecule has 53 heavy (non-hydrogen) atoms. The molecule has 6 aliphatic rings. The van der Waals surface area contributed by atoms with Gasteiger partial charge >= 0.3 is 11.9 Å². The molecule has 0 radical (unpaired) electrons. The molecule has 15 atom stereocenters. The Kier molecular flexibility index (Phi) is 10.7. The Bertz CT molecular complexity index is 1520. The average Bonchev–Trinajstić information content (AvgIpc) is 3.47. The highest BCUT2D eigenvalue weighted by Crippen LogP contribution is 2.80. The number of hydrogen-bond donors (Lipinski definition) is 4. The van der Waals surface area contributed by atoms with Crippen molar-refractivity contribution in [3.63, 3.8) is 0 Å². The number of likely N-dealkylation sites (tertiary alicyclic amines) is 1. The molecule has 1 aromatic rings. The second kappa shape index (κ2) is 14.1. The number of esters is 2. The van der Waals surface area contributed by atoms with Crippen molar-refractivity contribution in [1.29, 1.82) is 0 Å². The van der Waals surface area contributed by atoms with Crippen molar-refractivity contribution >= 4 is 11.9 Å². The van der Waals surface area contributed by atoms with Gasteiger partial charge in [-0.15, -0.1) is 0 Å². The normalized spacial score (nSPS) is 44.8. The third-order valence-electron chi connectivity index (χ3n) is 13.5. The van der Waals surface area contributed by atoms with E-state index in [4.69, 9.17) is 51.8 Å². The van der Waals surface area contributed by atoms with Gasteiger partial charge in [0.15, 0.2) is 5.60 Å². The van der Waals surface area contributed by atoms with E-state index < -0.39 is 105 Å². The maximum Gasteiger partial charge on any atom is 0.338 e. The van der Waals surface area contributed by atoms with E-state index in [1.165, 1.54) is 21.1 Å². The van der Waals surface area contributed by atoms with Crippen LogP contribution in [0.25, 0.3) is 0 Å². The molecule has 0 aromatic heterocycles. The van der Waals surface area contributed by atoms with Crippen LogP contribution in [0.2, 0.25) is 0 Å². The van der Waals surface area contributed by atoms with Crippen molar-refractivity contribution in [2.24, 2.45) is 34.5 Å². The second-order valence-electron chi connectivity index (χ2n) is 15.2. The van der Waals surface area contributed by atoms with Gasteiger partial charge < -0.3 is 48.5 Å². The van der Waals surface area contributed by atoms with Gasteiger partial charge in [0.1, 0.15) is 29.7 Å². The number of nitrogens with zero attached hydrogens (tertiary/aromatic N) is 1. The van der Waals surface area contributed by atoms with E-state index in [9.17, 15) is 24.9 Å². The summed E-state index contributed by atoms with van der Waals surface area (Å²) in [6.45, 7) is 4.64. The van der Waals surface area contributed by atoms with Gasteiger partial charge in [-0.25, -0.2) is 4.79 Å². The van der Waals surface area contributed by atoms with E-state index in [0.717, 1.165) is 0 Å². The minimum absolute atomic E-state index is 0.0591. The predicted molar refractivity (Wildman–Crippen MR) is 169 cm³/mol. The smallest absolute Gasteiger partial charge is 0.338 e. The summed E-state index contributed by atoms with van der Waals surface area (Å²) in [6, 6.07) is 6.10. The Balaban J connectivity index is 0.000000902. The Morgan fingerprint density at radius 3 is 2.13 bits per heavy atom. The van der Waals surface area contributed by atoms with E-state index in [2.05, 4.69) is 4.90 Å². The molecule has 5 saturated carbocycles. The molecule has 1 heterocycles. The van der Waals surface area contributed by atoms with Gasteiger partial charge in [-0.2, -0.15) is 14.0 Å². The van der Waals surface area contributed by atoms with Crippen molar-refractivity contribution in [2.75, 3.05) is 55.2 Å². The maximum absolute atomic E-state index is 13.9. The molecule has 298 valence electrons. The molecule has 1 aromatic carbocycles. The molecule has 17 nitrogen and oxygen atoms in total. The fourth-order valence-electron chi connectivity index (χ4n) is 12.5. The van der Waals surface area contributed by atoms with Gasteiger partial charge in [0.2, 0.25) is 0 Å². The van der Waals surface area contributed by atoms with Gasteiger partial charge in [-0.05, 0) is 43.1 Å². The molecule has 1 aliphatic heterocycles. The third-order valence-corrected chi connectivity index (χ3v) is 13.5. The SMILES string of the molecule is CCN1C[C@]2(COC)[C@H](O)C[C@H](OC)[C@@]34[C@@H]5C[C@@]6(O)[C@H](OC(=O)c7ccc(OC)cc7)[C@@H]5[C@@](OC(C)=O)([C@@H]([C@H](OC)[C@H]23)[C@@H]14)[C@@H](O)[C@@H]6OC.[O-][Cl+3]([O-])([O-])O. The molecule has 18 heteroatoms. The first-order valence-corrected chi connectivity index (χ1v) is 18.8. The lowest BCUT2D eigenvalue weighted by molar-refractivity contribution is -1.92. The van der Waals surface area contributed by atoms with Gasteiger partial charge in [0, 0.05) is 83.0 Å². The zero-order chi connectivity index (χ0) is 39.1. The molecule has 7 bridgehead atoms. The lowest BCUT2D eigenvalue weighted by Gasteiger charge is -2.70. The standard InChI is InChI=1S/C35H49NO12.ClHO4/c1-8-36-15-32(16-42-3)21(38)13-22(44-5)34-20-14-33(41)29(47-31(40)18-9-11-19(43-4)12-10-18)23(20)35(48-17(2)37,28(39)30(33)46-7)24(27(34)36)25(45-6)26(32)34;2-1(3,4)5/h9-12,20-30,38-39,41H,8,13-16H2,1-7H3;(H,2,3,4,5)/t20-,21-,22+,23-,24+,25+,26-,27-,28+,29-,30+,32+,33-,34+,35-;/m1./s1. The molecular weight excluding hydrogens is 726 g/mol. The number of aliphatic hydroxyl groups excluding tert-OH is 2. The highest BCUT2D eigenvalue weighted by molar-refractivity contribution is 5.89. The number of fused-ring (bicyclic) bond motifs is 2. The van der Waals surface area contributed by atoms with Crippen molar-refractivity contribution < 1.29 is 86.9 Å². The number of piperidine rings is 1. The molecule has 7 rings (SSSR count). The Hall–Kier alpha value is -2.23.